The molecule has 7 nitrogen and oxygen atoms in total. The molecule has 1 saturated carbocycles. The lowest BCUT2D eigenvalue weighted by Gasteiger charge is -2.21. The van der Waals surface area contributed by atoms with Gasteiger partial charge in [-0.25, -0.2) is 9.50 Å². The lowest BCUT2D eigenvalue weighted by Crippen LogP contribution is -2.27. The lowest BCUT2D eigenvalue weighted by molar-refractivity contribution is -0.123. The predicted molar refractivity (Wildman–Crippen MR) is 182 cm³/mol. The van der Waals surface area contributed by atoms with Gasteiger partial charge in [0, 0.05) is 28.3 Å². The van der Waals surface area contributed by atoms with Gasteiger partial charge in [-0.3, -0.25) is 9.59 Å². The Morgan fingerprint density at radius 1 is 1.02 bits per heavy atom. The van der Waals surface area contributed by atoms with E-state index < -0.39 is 5.41 Å². The number of aromatic nitrogens is 3. The van der Waals surface area contributed by atoms with Crippen LogP contribution >= 0.6 is 0 Å². The van der Waals surface area contributed by atoms with Crippen molar-refractivity contribution in [2.75, 3.05) is 10.6 Å². The molecule has 0 spiro atoms. The van der Waals surface area contributed by atoms with Crippen LogP contribution in [0.2, 0.25) is 0 Å². The smallest absolute Gasteiger partial charge is 0.229 e. The molecule has 0 atom stereocenters. The second kappa shape index (κ2) is 14.3. The number of anilines is 2. The summed E-state index contributed by atoms with van der Waals surface area (Å²) in [4.78, 5) is 29.5. The third-order valence-electron chi connectivity index (χ3n) is 7.74. The number of fused-ring (bicyclic) bond motifs is 1. The summed E-state index contributed by atoms with van der Waals surface area (Å²) in [6.07, 6.45) is 11.2. The number of nitrogens with zero attached hydrogens (tertiary/aromatic N) is 3. The Morgan fingerprint density at radius 3 is 2.43 bits per heavy atom. The van der Waals surface area contributed by atoms with Gasteiger partial charge < -0.3 is 10.6 Å². The van der Waals surface area contributed by atoms with Crippen LogP contribution in [0, 0.1) is 18.3 Å². The number of hydrogen-bond acceptors (Lipinski definition) is 5. The molecule has 0 aliphatic heterocycles. The highest BCUT2D eigenvalue weighted by Gasteiger charge is 2.23. The van der Waals surface area contributed by atoms with Crippen molar-refractivity contribution < 1.29 is 9.59 Å². The SMILES string of the molecule is C=C(Nc1ccc2nc(-c3ccc(C)c(NC(=O)C(C)(C)C)c3)cn2n1)c1cccc(/C=C/C(=O)C2CCC2)c1.CCCC. The Balaban J connectivity index is 0.00000104. The van der Waals surface area contributed by atoms with E-state index in [0.29, 0.717) is 17.2 Å². The molecular weight excluding hydrogens is 546 g/mol. The Morgan fingerprint density at radius 2 is 1.77 bits per heavy atom. The van der Waals surface area contributed by atoms with Crippen LogP contribution in [-0.2, 0) is 9.59 Å². The van der Waals surface area contributed by atoms with E-state index in [1.54, 1.807) is 10.6 Å². The first-order chi connectivity index (χ1) is 21.0. The molecule has 7 heteroatoms. The van der Waals surface area contributed by atoms with Gasteiger partial charge in [-0.2, -0.15) is 0 Å². The zero-order chi connectivity index (χ0) is 31.9. The van der Waals surface area contributed by atoms with E-state index in [-0.39, 0.29) is 17.6 Å². The van der Waals surface area contributed by atoms with Crippen molar-refractivity contribution >= 4 is 40.6 Å². The summed E-state index contributed by atoms with van der Waals surface area (Å²) in [6.45, 7) is 16.2. The molecule has 230 valence electrons. The number of unbranched alkanes of at least 4 members (excludes halogenated alkanes) is 1. The zero-order valence-electron chi connectivity index (χ0n) is 26.9. The molecule has 1 fully saturated rings. The number of allylic oxidation sites excluding steroid dienone is 1. The second-order valence-electron chi connectivity index (χ2n) is 12.5. The summed E-state index contributed by atoms with van der Waals surface area (Å²) >= 11 is 0. The number of imidazole rings is 1. The van der Waals surface area contributed by atoms with E-state index >= 15 is 0 Å². The average Bonchev–Trinajstić information content (AvgIpc) is 3.39. The van der Waals surface area contributed by atoms with Crippen molar-refractivity contribution in [2.45, 2.75) is 73.6 Å². The summed E-state index contributed by atoms with van der Waals surface area (Å²) in [5.41, 5.74) is 6.17. The minimum Gasteiger partial charge on any atom is -0.339 e. The van der Waals surface area contributed by atoms with Crippen molar-refractivity contribution in [3.63, 3.8) is 0 Å². The molecule has 1 aliphatic rings. The Bertz CT molecular complexity index is 1670. The van der Waals surface area contributed by atoms with Crippen molar-refractivity contribution in [2.24, 2.45) is 11.3 Å². The molecule has 2 aromatic carbocycles. The highest BCUT2D eigenvalue weighted by molar-refractivity contribution is 5.96. The fourth-order valence-corrected chi connectivity index (χ4v) is 4.38. The van der Waals surface area contributed by atoms with Crippen molar-refractivity contribution in [3.05, 3.63) is 90.1 Å². The van der Waals surface area contributed by atoms with Gasteiger partial charge in [0.1, 0.15) is 0 Å². The van der Waals surface area contributed by atoms with Gasteiger partial charge in [0.25, 0.3) is 0 Å². The molecular formula is C37H45N5O2. The van der Waals surface area contributed by atoms with Crippen LogP contribution in [0.3, 0.4) is 0 Å². The third kappa shape index (κ3) is 8.31. The zero-order valence-corrected chi connectivity index (χ0v) is 26.9. The van der Waals surface area contributed by atoms with Gasteiger partial charge in [-0.15, -0.1) is 5.10 Å². The summed E-state index contributed by atoms with van der Waals surface area (Å²) in [6, 6.07) is 17.6. The number of nitrogens with one attached hydrogen (secondary N) is 2. The second-order valence-corrected chi connectivity index (χ2v) is 12.5. The first-order valence-electron chi connectivity index (χ1n) is 15.6. The van der Waals surface area contributed by atoms with Gasteiger partial charge in [0.15, 0.2) is 17.2 Å². The largest absolute Gasteiger partial charge is 0.339 e. The maximum absolute atomic E-state index is 12.5. The summed E-state index contributed by atoms with van der Waals surface area (Å²) in [5, 5.41) is 11.0. The van der Waals surface area contributed by atoms with Crippen molar-refractivity contribution in [1.82, 2.24) is 14.6 Å². The van der Waals surface area contributed by atoms with Crippen LogP contribution in [0.15, 0.2) is 73.4 Å². The van der Waals surface area contributed by atoms with Crippen LogP contribution in [0.4, 0.5) is 11.5 Å². The molecule has 1 amide bonds. The standard InChI is InChI=1S/C33H35N5O2.C4H10/c1-21-12-14-26(19-27(21)36-32(40)33(3,4)5)28-20-38-31(35-28)17-16-30(37-38)34-22(2)25-11-6-8-23(18-25)13-15-29(39)24-9-7-10-24;1-3-4-2/h6,8,11-20,24H,2,7,9-10H2,1,3-5H3,(H,34,37)(H,36,40);3-4H2,1-2H3/b15-13+;. The quantitative estimate of drug-likeness (QED) is 0.190. The molecule has 5 rings (SSSR count). The van der Waals surface area contributed by atoms with E-state index in [9.17, 15) is 9.59 Å². The Labute approximate surface area is 261 Å². The minimum atomic E-state index is -0.491. The molecule has 0 unspecified atom stereocenters. The predicted octanol–water partition coefficient (Wildman–Crippen LogP) is 8.96. The first kappa shape index (κ1) is 32.4. The Kier molecular flexibility index (Phi) is 10.5. The highest BCUT2D eigenvalue weighted by atomic mass is 16.2. The molecule has 2 aromatic heterocycles. The maximum Gasteiger partial charge on any atom is 0.229 e. The fourth-order valence-electron chi connectivity index (χ4n) is 4.38. The molecule has 2 N–H and O–H groups in total. The van der Waals surface area contributed by atoms with Gasteiger partial charge in [0.05, 0.1) is 11.9 Å². The number of carbonyl (C=O) groups is 2. The van der Waals surface area contributed by atoms with E-state index in [1.165, 1.54) is 12.8 Å². The topological polar surface area (TPSA) is 88.4 Å². The van der Waals surface area contributed by atoms with Crippen LogP contribution in [0.1, 0.15) is 83.4 Å². The van der Waals surface area contributed by atoms with E-state index in [1.807, 2.05) is 94.6 Å². The van der Waals surface area contributed by atoms with Crippen molar-refractivity contribution in [3.8, 4) is 11.3 Å². The summed E-state index contributed by atoms with van der Waals surface area (Å²) < 4.78 is 1.73. The number of rotatable bonds is 9. The maximum atomic E-state index is 12.5. The molecule has 2 heterocycles. The van der Waals surface area contributed by atoms with Crippen LogP contribution in [0.25, 0.3) is 28.7 Å². The Hall–Kier alpha value is -4.52. The third-order valence-corrected chi connectivity index (χ3v) is 7.74. The number of carbonyl (C=O) groups excluding carboxylic acids is 2. The highest BCUT2D eigenvalue weighted by Crippen LogP contribution is 2.29. The molecule has 4 aromatic rings. The van der Waals surface area contributed by atoms with Gasteiger partial charge in [-0.05, 0) is 66.8 Å². The average molecular weight is 592 g/mol. The van der Waals surface area contributed by atoms with Crippen LogP contribution in [0.5, 0.6) is 0 Å². The molecule has 44 heavy (non-hydrogen) atoms. The van der Waals surface area contributed by atoms with E-state index in [4.69, 9.17) is 4.98 Å². The number of hydrogen-bond donors (Lipinski definition) is 2. The minimum absolute atomic E-state index is 0.0379. The van der Waals surface area contributed by atoms with E-state index in [0.717, 1.165) is 52.9 Å². The number of benzene rings is 2. The van der Waals surface area contributed by atoms with Gasteiger partial charge >= 0.3 is 0 Å². The molecule has 1 aliphatic carbocycles. The normalized spacial score (nSPS) is 13.2. The summed E-state index contributed by atoms with van der Waals surface area (Å²) in [7, 11) is 0. The molecule has 0 radical (unpaired) electrons. The van der Waals surface area contributed by atoms with Gasteiger partial charge in [0.2, 0.25) is 5.91 Å². The number of ketones is 1. The fraction of sp³-hybridized carbons (Fsp3) is 0.351. The van der Waals surface area contributed by atoms with Crippen LogP contribution in [-0.4, -0.2) is 26.3 Å². The molecule has 0 bridgehead atoms. The lowest BCUT2D eigenvalue weighted by atomic mass is 9.82. The van der Waals surface area contributed by atoms with Crippen LogP contribution < -0.4 is 10.6 Å². The number of amides is 1. The molecule has 0 saturated heterocycles. The monoisotopic (exact) mass is 591 g/mol. The van der Waals surface area contributed by atoms with Gasteiger partial charge in [-0.1, -0.05) is 96.9 Å². The number of aryl methyl sites for hydroxylation is 1. The van der Waals surface area contributed by atoms with E-state index in [2.05, 4.69) is 36.2 Å². The summed E-state index contributed by atoms with van der Waals surface area (Å²) in [5.74, 6) is 0.999. The van der Waals surface area contributed by atoms with Crippen molar-refractivity contribution in [1.29, 1.82) is 0 Å². The first-order valence-corrected chi connectivity index (χ1v) is 15.6.